The zero-order valence-electron chi connectivity index (χ0n) is 18.3. The van der Waals surface area contributed by atoms with Crippen LogP contribution in [0.4, 0.5) is 5.69 Å². The molecular formula is C25H27N3O4. The third-order valence-electron chi connectivity index (χ3n) is 4.77. The van der Waals surface area contributed by atoms with Crippen molar-refractivity contribution in [1.82, 2.24) is 10.3 Å². The van der Waals surface area contributed by atoms with Gasteiger partial charge in [-0.15, -0.1) is 0 Å². The van der Waals surface area contributed by atoms with Crippen molar-refractivity contribution in [3.63, 3.8) is 0 Å². The van der Waals surface area contributed by atoms with E-state index in [0.717, 1.165) is 11.1 Å². The Morgan fingerprint density at radius 2 is 1.88 bits per heavy atom. The molecule has 3 aromatic rings. The molecule has 0 bridgehead atoms. The summed E-state index contributed by atoms with van der Waals surface area (Å²) in [6.07, 6.45) is 4.08. The van der Waals surface area contributed by atoms with E-state index in [1.165, 1.54) is 6.20 Å². The van der Waals surface area contributed by atoms with Crippen molar-refractivity contribution in [3.05, 3.63) is 83.7 Å². The minimum Gasteiger partial charge on any atom is -0.493 e. The van der Waals surface area contributed by atoms with E-state index in [-0.39, 0.29) is 11.8 Å². The molecule has 0 unspecified atom stereocenters. The smallest absolute Gasteiger partial charge is 0.257 e. The Balaban J connectivity index is 1.50. The van der Waals surface area contributed by atoms with E-state index in [0.29, 0.717) is 48.7 Å². The predicted octanol–water partition coefficient (Wildman–Crippen LogP) is 3.99. The summed E-state index contributed by atoms with van der Waals surface area (Å²) in [5.74, 6) is 1.07. The standard InChI is InChI=1S/C25H27N3O4/c1-3-32-22-11-9-18(15-23(22)31-2)10-12-24(29)27-16-19-6-4-8-21(14-19)28-25(30)20-7-5-13-26-17-20/h4-9,11,13-15,17H,3,10,12,16H2,1-2H3,(H,27,29)(H,28,30). The molecule has 32 heavy (non-hydrogen) atoms. The van der Waals surface area contributed by atoms with Crippen LogP contribution in [-0.4, -0.2) is 30.5 Å². The number of aromatic nitrogens is 1. The van der Waals surface area contributed by atoms with Crippen LogP contribution >= 0.6 is 0 Å². The predicted molar refractivity (Wildman–Crippen MR) is 123 cm³/mol. The molecule has 166 valence electrons. The van der Waals surface area contributed by atoms with E-state index in [9.17, 15) is 9.59 Å². The first kappa shape index (κ1) is 22.8. The van der Waals surface area contributed by atoms with Crippen molar-refractivity contribution in [3.8, 4) is 11.5 Å². The van der Waals surface area contributed by atoms with Gasteiger partial charge in [-0.25, -0.2) is 0 Å². The molecule has 2 amide bonds. The molecule has 0 atom stereocenters. The summed E-state index contributed by atoms with van der Waals surface area (Å²) in [5, 5.41) is 5.77. The fourth-order valence-corrected chi connectivity index (χ4v) is 3.15. The zero-order chi connectivity index (χ0) is 22.8. The van der Waals surface area contributed by atoms with Crippen molar-refractivity contribution < 1.29 is 19.1 Å². The van der Waals surface area contributed by atoms with E-state index in [2.05, 4.69) is 15.6 Å². The number of nitrogens with one attached hydrogen (secondary N) is 2. The van der Waals surface area contributed by atoms with Gasteiger partial charge in [0.2, 0.25) is 5.91 Å². The lowest BCUT2D eigenvalue weighted by Gasteiger charge is -2.11. The third kappa shape index (κ3) is 6.57. The van der Waals surface area contributed by atoms with E-state index < -0.39 is 0 Å². The first-order valence-electron chi connectivity index (χ1n) is 10.5. The van der Waals surface area contributed by atoms with Crippen LogP contribution in [0.5, 0.6) is 11.5 Å². The number of pyridine rings is 1. The van der Waals surface area contributed by atoms with Crippen molar-refractivity contribution in [2.24, 2.45) is 0 Å². The summed E-state index contributed by atoms with van der Waals surface area (Å²) in [6, 6.07) is 16.5. The van der Waals surface area contributed by atoms with Crippen molar-refractivity contribution in [1.29, 1.82) is 0 Å². The van der Waals surface area contributed by atoms with Crippen LogP contribution in [0.1, 0.15) is 34.8 Å². The van der Waals surface area contributed by atoms with Crippen LogP contribution in [-0.2, 0) is 17.8 Å². The van der Waals surface area contributed by atoms with Gasteiger partial charge in [-0.05, 0) is 60.9 Å². The van der Waals surface area contributed by atoms with Crippen LogP contribution in [0.25, 0.3) is 0 Å². The lowest BCUT2D eigenvalue weighted by molar-refractivity contribution is -0.121. The molecule has 0 saturated heterocycles. The Kier molecular flexibility index (Phi) is 8.20. The Morgan fingerprint density at radius 3 is 2.62 bits per heavy atom. The first-order chi connectivity index (χ1) is 15.6. The second-order valence-corrected chi connectivity index (χ2v) is 7.09. The van der Waals surface area contributed by atoms with Crippen LogP contribution in [0.15, 0.2) is 67.0 Å². The average molecular weight is 434 g/mol. The molecule has 0 radical (unpaired) electrons. The number of rotatable bonds is 10. The first-order valence-corrected chi connectivity index (χ1v) is 10.5. The number of hydrogen-bond acceptors (Lipinski definition) is 5. The number of benzene rings is 2. The molecule has 0 fully saturated rings. The topological polar surface area (TPSA) is 89.6 Å². The Hall–Kier alpha value is -3.87. The van der Waals surface area contributed by atoms with Gasteiger partial charge in [0.15, 0.2) is 11.5 Å². The molecule has 2 N–H and O–H groups in total. The molecule has 1 aromatic heterocycles. The molecule has 7 heteroatoms. The van der Waals surface area contributed by atoms with Crippen LogP contribution in [0.2, 0.25) is 0 Å². The fraction of sp³-hybridized carbons (Fsp3) is 0.240. The Morgan fingerprint density at radius 1 is 1.00 bits per heavy atom. The van der Waals surface area contributed by atoms with E-state index >= 15 is 0 Å². The van der Waals surface area contributed by atoms with Crippen molar-refractivity contribution in [2.45, 2.75) is 26.3 Å². The summed E-state index contributed by atoms with van der Waals surface area (Å²) >= 11 is 0. The molecule has 3 rings (SSSR count). The minimum absolute atomic E-state index is 0.0531. The molecule has 7 nitrogen and oxygen atoms in total. The summed E-state index contributed by atoms with van der Waals surface area (Å²) in [7, 11) is 1.60. The van der Waals surface area contributed by atoms with E-state index in [1.54, 1.807) is 31.5 Å². The van der Waals surface area contributed by atoms with Crippen molar-refractivity contribution >= 4 is 17.5 Å². The number of carbonyl (C=O) groups is 2. The number of aryl methyl sites for hydroxylation is 1. The molecule has 0 aliphatic carbocycles. The highest BCUT2D eigenvalue weighted by Crippen LogP contribution is 2.28. The summed E-state index contributed by atoms with van der Waals surface area (Å²) in [4.78, 5) is 28.5. The molecule has 0 aliphatic heterocycles. The lowest BCUT2D eigenvalue weighted by Crippen LogP contribution is -2.23. The molecule has 0 saturated carbocycles. The second-order valence-electron chi connectivity index (χ2n) is 7.09. The average Bonchev–Trinajstić information content (AvgIpc) is 2.83. The maximum atomic E-state index is 12.3. The highest BCUT2D eigenvalue weighted by atomic mass is 16.5. The number of hydrogen-bond donors (Lipinski definition) is 2. The monoisotopic (exact) mass is 433 g/mol. The number of carbonyl (C=O) groups excluding carboxylic acids is 2. The maximum absolute atomic E-state index is 12.3. The van der Waals surface area contributed by atoms with E-state index in [4.69, 9.17) is 9.47 Å². The second kappa shape index (κ2) is 11.5. The van der Waals surface area contributed by atoms with E-state index in [1.807, 2.05) is 43.3 Å². The van der Waals surface area contributed by atoms with Crippen LogP contribution < -0.4 is 20.1 Å². The van der Waals surface area contributed by atoms with Crippen molar-refractivity contribution in [2.75, 3.05) is 19.0 Å². The maximum Gasteiger partial charge on any atom is 0.257 e. The summed E-state index contributed by atoms with van der Waals surface area (Å²) < 4.78 is 10.9. The third-order valence-corrected chi connectivity index (χ3v) is 4.77. The Labute approximate surface area is 187 Å². The van der Waals surface area contributed by atoms with Crippen LogP contribution in [0, 0.1) is 0 Å². The highest BCUT2D eigenvalue weighted by molar-refractivity contribution is 6.04. The quantitative estimate of drug-likeness (QED) is 0.505. The molecular weight excluding hydrogens is 406 g/mol. The number of ether oxygens (including phenoxy) is 2. The SMILES string of the molecule is CCOc1ccc(CCC(=O)NCc2cccc(NC(=O)c3cccnc3)c2)cc1OC. The van der Waals surface area contributed by atoms with Gasteiger partial charge >= 0.3 is 0 Å². The summed E-state index contributed by atoms with van der Waals surface area (Å²) in [6.45, 7) is 2.86. The molecule has 0 spiro atoms. The van der Waals surface area contributed by atoms with Gasteiger partial charge in [0, 0.05) is 31.0 Å². The van der Waals surface area contributed by atoms with Gasteiger partial charge < -0.3 is 20.1 Å². The van der Waals surface area contributed by atoms with Gasteiger partial charge in [-0.2, -0.15) is 0 Å². The van der Waals surface area contributed by atoms with Crippen LogP contribution in [0.3, 0.4) is 0 Å². The molecule has 0 aliphatic rings. The number of anilines is 1. The fourth-order valence-electron chi connectivity index (χ4n) is 3.15. The summed E-state index contributed by atoms with van der Waals surface area (Å²) in [5.41, 5.74) is 3.04. The minimum atomic E-state index is -0.231. The molecule has 2 aromatic carbocycles. The normalized spacial score (nSPS) is 10.3. The number of nitrogens with zero attached hydrogens (tertiary/aromatic N) is 1. The largest absolute Gasteiger partial charge is 0.493 e. The Bertz CT molecular complexity index is 1050. The van der Waals surface area contributed by atoms with Gasteiger partial charge in [-0.3, -0.25) is 14.6 Å². The van der Waals surface area contributed by atoms with Gasteiger partial charge in [0.1, 0.15) is 0 Å². The number of amides is 2. The zero-order valence-corrected chi connectivity index (χ0v) is 18.3. The lowest BCUT2D eigenvalue weighted by atomic mass is 10.1. The van der Waals surface area contributed by atoms with Gasteiger partial charge in [-0.1, -0.05) is 18.2 Å². The molecule has 1 heterocycles. The van der Waals surface area contributed by atoms with Gasteiger partial charge in [0.25, 0.3) is 5.91 Å². The van der Waals surface area contributed by atoms with Gasteiger partial charge in [0.05, 0.1) is 19.3 Å². The highest BCUT2D eigenvalue weighted by Gasteiger charge is 2.09. The number of methoxy groups -OCH3 is 1.